The maximum atomic E-state index is 12.2. The molecule has 2 aromatic carbocycles. The van der Waals surface area contributed by atoms with Gasteiger partial charge in [0.15, 0.2) is 11.5 Å². The van der Waals surface area contributed by atoms with Crippen LogP contribution in [0.2, 0.25) is 0 Å². The fourth-order valence-electron chi connectivity index (χ4n) is 4.58. The number of piperidine rings is 1. The number of fused-ring (bicyclic) bond motifs is 2. The molecular weight excluding hydrogens is 372 g/mol. The van der Waals surface area contributed by atoms with E-state index in [0.29, 0.717) is 18.8 Å². The van der Waals surface area contributed by atoms with E-state index in [4.69, 9.17) is 18.9 Å². The minimum Gasteiger partial charge on any atom is -0.496 e. The summed E-state index contributed by atoms with van der Waals surface area (Å²) < 4.78 is 22.6. The molecule has 2 atom stereocenters. The normalized spacial score (nSPS) is 26.0. The Bertz CT molecular complexity index is 919. The van der Waals surface area contributed by atoms with E-state index in [0.717, 1.165) is 35.6 Å². The predicted molar refractivity (Wildman–Crippen MR) is 105 cm³/mol. The van der Waals surface area contributed by atoms with Gasteiger partial charge in [-0.2, -0.15) is 0 Å². The highest BCUT2D eigenvalue weighted by atomic mass is 16.7. The first-order chi connectivity index (χ1) is 14.2. The van der Waals surface area contributed by atoms with Crippen molar-refractivity contribution in [1.29, 1.82) is 0 Å². The van der Waals surface area contributed by atoms with Crippen LogP contribution in [-0.4, -0.2) is 50.5 Å². The average Bonchev–Trinajstić information content (AvgIpc) is 3.21. The molecule has 0 spiro atoms. The first-order valence-corrected chi connectivity index (χ1v) is 9.85. The van der Waals surface area contributed by atoms with Gasteiger partial charge in [0.05, 0.1) is 18.8 Å². The molecule has 152 valence electrons. The summed E-state index contributed by atoms with van der Waals surface area (Å²) in [5.74, 6) is 2.19. The maximum absolute atomic E-state index is 12.2. The quantitative estimate of drug-likeness (QED) is 0.853. The zero-order chi connectivity index (χ0) is 19.8. The smallest absolute Gasteiger partial charge is 0.246 e. The van der Waals surface area contributed by atoms with Crippen molar-refractivity contribution in [3.8, 4) is 17.2 Å². The molecule has 2 saturated heterocycles. The average molecular weight is 396 g/mol. The van der Waals surface area contributed by atoms with Crippen molar-refractivity contribution in [2.24, 2.45) is 0 Å². The number of likely N-dealkylation sites (tertiary alicyclic amines) is 1. The molecule has 5 rings (SSSR count). The minimum absolute atomic E-state index is 0.0593. The van der Waals surface area contributed by atoms with E-state index in [9.17, 15) is 4.79 Å². The molecule has 2 fully saturated rings. The van der Waals surface area contributed by atoms with Crippen molar-refractivity contribution in [2.75, 3.05) is 33.6 Å². The van der Waals surface area contributed by atoms with Crippen LogP contribution in [0.3, 0.4) is 0 Å². The molecule has 0 unspecified atom stereocenters. The van der Waals surface area contributed by atoms with Gasteiger partial charge in [0.1, 0.15) is 12.4 Å². The molecule has 0 aromatic heterocycles. The molecule has 0 bridgehead atoms. The minimum atomic E-state index is -0.480. The van der Waals surface area contributed by atoms with Crippen molar-refractivity contribution >= 4 is 5.91 Å². The Morgan fingerprint density at radius 1 is 1.21 bits per heavy atom. The fraction of sp³-hybridized carbons (Fsp3) is 0.409. The molecule has 0 saturated carbocycles. The zero-order valence-corrected chi connectivity index (χ0v) is 16.3. The van der Waals surface area contributed by atoms with Crippen molar-refractivity contribution in [1.82, 2.24) is 10.2 Å². The van der Waals surface area contributed by atoms with Crippen molar-refractivity contribution < 1.29 is 23.7 Å². The highest BCUT2D eigenvalue weighted by molar-refractivity contribution is 5.79. The van der Waals surface area contributed by atoms with Crippen LogP contribution in [0, 0.1) is 0 Å². The second-order valence-corrected chi connectivity index (χ2v) is 7.69. The van der Waals surface area contributed by atoms with E-state index in [-0.39, 0.29) is 25.4 Å². The SMILES string of the molecule is COc1cc2c(cc1CN1CC[C@@]3(c4ccccc4)NC(=O)CO[C@@H]3C1)OCO2. The molecule has 0 aliphatic carbocycles. The predicted octanol–water partition coefficient (Wildman–Crippen LogP) is 2.04. The van der Waals surface area contributed by atoms with Gasteiger partial charge in [-0.25, -0.2) is 0 Å². The van der Waals surface area contributed by atoms with Gasteiger partial charge in [-0.05, 0) is 18.1 Å². The third-order valence-corrected chi connectivity index (χ3v) is 6.03. The molecule has 29 heavy (non-hydrogen) atoms. The summed E-state index contributed by atoms with van der Waals surface area (Å²) in [6.07, 6.45) is 0.664. The first-order valence-electron chi connectivity index (χ1n) is 9.85. The van der Waals surface area contributed by atoms with Crippen LogP contribution in [0.5, 0.6) is 17.2 Å². The van der Waals surface area contributed by atoms with E-state index in [1.807, 2.05) is 30.3 Å². The third kappa shape index (κ3) is 3.20. The molecule has 7 heteroatoms. The summed E-state index contributed by atoms with van der Waals surface area (Å²) in [5.41, 5.74) is 1.66. The number of methoxy groups -OCH3 is 1. The summed E-state index contributed by atoms with van der Waals surface area (Å²) >= 11 is 0. The Balaban J connectivity index is 1.39. The second kappa shape index (κ2) is 7.24. The molecule has 1 N–H and O–H groups in total. The Morgan fingerprint density at radius 2 is 2.00 bits per heavy atom. The topological polar surface area (TPSA) is 69.3 Å². The van der Waals surface area contributed by atoms with Crippen LogP contribution in [0.1, 0.15) is 17.5 Å². The molecule has 0 radical (unpaired) electrons. The van der Waals surface area contributed by atoms with Gasteiger partial charge >= 0.3 is 0 Å². The number of carbonyl (C=O) groups excluding carboxylic acids is 1. The number of hydrogen-bond donors (Lipinski definition) is 1. The van der Waals surface area contributed by atoms with E-state index in [2.05, 4.69) is 22.3 Å². The van der Waals surface area contributed by atoms with Crippen LogP contribution in [0.25, 0.3) is 0 Å². The summed E-state index contributed by atoms with van der Waals surface area (Å²) in [6.45, 7) is 2.58. The number of ether oxygens (including phenoxy) is 4. The van der Waals surface area contributed by atoms with Crippen molar-refractivity contribution in [3.05, 3.63) is 53.6 Å². The number of rotatable bonds is 4. The lowest BCUT2D eigenvalue weighted by Crippen LogP contribution is -2.66. The number of benzene rings is 2. The Morgan fingerprint density at radius 3 is 2.79 bits per heavy atom. The maximum Gasteiger partial charge on any atom is 0.246 e. The molecular formula is C22H24N2O5. The van der Waals surface area contributed by atoms with Gasteiger partial charge in [-0.3, -0.25) is 9.69 Å². The second-order valence-electron chi connectivity index (χ2n) is 7.69. The van der Waals surface area contributed by atoms with E-state index < -0.39 is 5.54 Å². The van der Waals surface area contributed by atoms with E-state index in [1.54, 1.807) is 7.11 Å². The van der Waals surface area contributed by atoms with Gasteiger partial charge in [0.2, 0.25) is 12.7 Å². The third-order valence-electron chi connectivity index (χ3n) is 6.03. The number of nitrogens with one attached hydrogen (secondary N) is 1. The highest BCUT2D eigenvalue weighted by Gasteiger charge is 2.49. The standard InChI is InChI=1S/C22H24N2O5/c1-26-17-10-19-18(28-14-29-19)9-15(17)11-24-8-7-22(16-5-3-2-4-6-16)20(12-24)27-13-21(25)23-22/h2-6,9-10,20H,7-8,11-14H2,1H3,(H,23,25)/t20-,22+/m1/s1. The van der Waals surface area contributed by atoms with Gasteiger partial charge in [0.25, 0.3) is 0 Å². The molecule has 7 nitrogen and oxygen atoms in total. The summed E-state index contributed by atoms with van der Waals surface area (Å²) in [6, 6.07) is 14.0. The fourth-order valence-corrected chi connectivity index (χ4v) is 4.58. The lowest BCUT2D eigenvalue weighted by atomic mass is 9.77. The Kier molecular flexibility index (Phi) is 4.56. The number of amides is 1. The summed E-state index contributed by atoms with van der Waals surface area (Å²) in [4.78, 5) is 14.5. The van der Waals surface area contributed by atoms with Gasteiger partial charge in [-0.15, -0.1) is 0 Å². The number of carbonyl (C=O) groups is 1. The van der Waals surface area contributed by atoms with Gasteiger partial charge < -0.3 is 24.3 Å². The Labute approximate surface area is 169 Å². The molecule has 2 aromatic rings. The number of nitrogens with zero attached hydrogens (tertiary/aromatic N) is 1. The van der Waals surface area contributed by atoms with Crippen molar-refractivity contribution in [2.45, 2.75) is 24.6 Å². The monoisotopic (exact) mass is 396 g/mol. The summed E-state index contributed by atoms with van der Waals surface area (Å²) in [5, 5.41) is 3.24. The van der Waals surface area contributed by atoms with Crippen LogP contribution in [0.4, 0.5) is 0 Å². The van der Waals surface area contributed by atoms with Crippen LogP contribution in [0.15, 0.2) is 42.5 Å². The van der Waals surface area contributed by atoms with Crippen LogP contribution in [-0.2, 0) is 21.6 Å². The summed E-state index contributed by atoms with van der Waals surface area (Å²) in [7, 11) is 1.66. The van der Waals surface area contributed by atoms with E-state index in [1.165, 1.54) is 0 Å². The molecule has 3 aliphatic heterocycles. The van der Waals surface area contributed by atoms with Crippen LogP contribution < -0.4 is 19.5 Å². The molecule has 3 heterocycles. The largest absolute Gasteiger partial charge is 0.496 e. The lowest BCUT2D eigenvalue weighted by molar-refractivity contribution is -0.152. The number of hydrogen-bond acceptors (Lipinski definition) is 6. The lowest BCUT2D eigenvalue weighted by Gasteiger charge is -2.50. The van der Waals surface area contributed by atoms with E-state index >= 15 is 0 Å². The van der Waals surface area contributed by atoms with Gasteiger partial charge in [0, 0.05) is 31.3 Å². The Hall–Kier alpha value is -2.77. The van der Waals surface area contributed by atoms with Crippen LogP contribution >= 0.6 is 0 Å². The highest BCUT2D eigenvalue weighted by Crippen LogP contribution is 2.40. The molecule has 3 aliphatic rings. The molecule has 1 amide bonds. The zero-order valence-electron chi connectivity index (χ0n) is 16.3. The van der Waals surface area contributed by atoms with Crippen molar-refractivity contribution in [3.63, 3.8) is 0 Å². The first kappa shape index (κ1) is 18.3. The number of morpholine rings is 1. The van der Waals surface area contributed by atoms with Gasteiger partial charge in [-0.1, -0.05) is 30.3 Å².